The SMILES string of the molecule is Oc1cccc(C(O)C2CCCCN2)c1. The molecule has 1 aromatic carbocycles. The average molecular weight is 207 g/mol. The summed E-state index contributed by atoms with van der Waals surface area (Å²) in [5, 5.41) is 22.7. The molecule has 0 spiro atoms. The molecule has 1 aromatic rings. The summed E-state index contributed by atoms with van der Waals surface area (Å²) in [7, 11) is 0. The van der Waals surface area contributed by atoms with Crippen molar-refractivity contribution in [2.75, 3.05) is 6.54 Å². The van der Waals surface area contributed by atoms with Crippen molar-refractivity contribution in [2.24, 2.45) is 0 Å². The number of phenolic OH excluding ortho intramolecular Hbond substituents is 1. The molecule has 3 heteroatoms. The first-order valence-electron chi connectivity index (χ1n) is 5.48. The monoisotopic (exact) mass is 207 g/mol. The van der Waals surface area contributed by atoms with E-state index in [9.17, 15) is 10.2 Å². The van der Waals surface area contributed by atoms with Crippen LogP contribution in [0.25, 0.3) is 0 Å². The number of aromatic hydroxyl groups is 1. The zero-order valence-electron chi connectivity index (χ0n) is 8.69. The Labute approximate surface area is 89.8 Å². The molecule has 1 fully saturated rings. The van der Waals surface area contributed by atoms with Gasteiger partial charge >= 0.3 is 0 Å². The number of piperidine rings is 1. The first-order chi connectivity index (χ1) is 7.27. The van der Waals surface area contributed by atoms with E-state index in [1.165, 1.54) is 6.42 Å². The molecule has 15 heavy (non-hydrogen) atoms. The minimum Gasteiger partial charge on any atom is -0.508 e. The minimum absolute atomic E-state index is 0.126. The van der Waals surface area contributed by atoms with Gasteiger partial charge in [-0.25, -0.2) is 0 Å². The lowest BCUT2D eigenvalue weighted by molar-refractivity contribution is 0.113. The van der Waals surface area contributed by atoms with Crippen molar-refractivity contribution in [2.45, 2.75) is 31.4 Å². The lowest BCUT2D eigenvalue weighted by Crippen LogP contribution is -2.38. The van der Waals surface area contributed by atoms with Gasteiger partial charge in [0.15, 0.2) is 0 Å². The van der Waals surface area contributed by atoms with Crippen LogP contribution in [0.1, 0.15) is 30.9 Å². The number of aliphatic hydroxyl groups is 1. The van der Waals surface area contributed by atoms with Gasteiger partial charge in [-0.2, -0.15) is 0 Å². The predicted molar refractivity (Wildman–Crippen MR) is 58.7 cm³/mol. The number of hydrogen-bond acceptors (Lipinski definition) is 3. The van der Waals surface area contributed by atoms with Crippen molar-refractivity contribution in [1.29, 1.82) is 0 Å². The van der Waals surface area contributed by atoms with Crippen molar-refractivity contribution in [3.05, 3.63) is 29.8 Å². The highest BCUT2D eigenvalue weighted by Crippen LogP contribution is 2.24. The third-order valence-electron chi connectivity index (χ3n) is 2.94. The van der Waals surface area contributed by atoms with Gasteiger partial charge < -0.3 is 15.5 Å². The van der Waals surface area contributed by atoms with Crippen molar-refractivity contribution in [1.82, 2.24) is 5.32 Å². The highest BCUT2D eigenvalue weighted by molar-refractivity contribution is 5.29. The lowest BCUT2D eigenvalue weighted by Gasteiger charge is -2.28. The van der Waals surface area contributed by atoms with Crippen LogP contribution in [-0.4, -0.2) is 22.8 Å². The number of hydrogen-bond donors (Lipinski definition) is 3. The normalized spacial score (nSPS) is 23.7. The summed E-state index contributed by atoms with van der Waals surface area (Å²) in [5.41, 5.74) is 0.786. The highest BCUT2D eigenvalue weighted by Gasteiger charge is 2.22. The molecular weight excluding hydrogens is 190 g/mol. The van der Waals surface area contributed by atoms with Crippen LogP contribution >= 0.6 is 0 Å². The van der Waals surface area contributed by atoms with Crippen molar-refractivity contribution in [3.63, 3.8) is 0 Å². The van der Waals surface area contributed by atoms with Gasteiger partial charge in [-0.3, -0.25) is 0 Å². The summed E-state index contributed by atoms with van der Waals surface area (Å²) in [6.07, 6.45) is 2.82. The van der Waals surface area contributed by atoms with E-state index in [-0.39, 0.29) is 11.8 Å². The van der Waals surface area contributed by atoms with Crippen LogP contribution in [0.5, 0.6) is 5.75 Å². The molecular formula is C12H17NO2. The molecule has 3 N–H and O–H groups in total. The second kappa shape index (κ2) is 4.64. The fourth-order valence-corrected chi connectivity index (χ4v) is 2.09. The fourth-order valence-electron chi connectivity index (χ4n) is 2.09. The van der Waals surface area contributed by atoms with Crippen LogP contribution in [0.3, 0.4) is 0 Å². The molecule has 0 bridgehead atoms. The summed E-state index contributed by atoms with van der Waals surface area (Å²) in [5.74, 6) is 0.211. The van der Waals surface area contributed by atoms with E-state index in [4.69, 9.17) is 0 Å². The Hall–Kier alpha value is -1.06. The number of nitrogens with one attached hydrogen (secondary N) is 1. The third-order valence-corrected chi connectivity index (χ3v) is 2.94. The number of aliphatic hydroxyl groups excluding tert-OH is 1. The van der Waals surface area contributed by atoms with E-state index >= 15 is 0 Å². The number of benzene rings is 1. The van der Waals surface area contributed by atoms with E-state index in [0.29, 0.717) is 0 Å². The second-order valence-corrected chi connectivity index (χ2v) is 4.10. The fraction of sp³-hybridized carbons (Fsp3) is 0.500. The van der Waals surface area contributed by atoms with Crippen molar-refractivity contribution < 1.29 is 10.2 Å². The van der Waals surface area contributed by atoms with Gasteiger partial charge in [0, 0.05) is 6.04 Å². The molecule has 0 amide bonds. The third kappa shape index (κ3) is 2.49. The number of rotatable bonds is 2. The van der Waals surface area contributed by atoms with E-state index in [1.54, 1.807) is 18.2 Å². The molecule has 2 rings (SSSR count). The zero-order valence-corrected chi connectivity index (χ0v) is 8.69. The summed E-state index contributed by atoms with van der Waals surface area (Å²) in [6, 6.07) is 6.98. The van der Waals surface area contributed by atoms with Gasteiger partial charge in [0.05, 0.1) is 6.10 Å². The summed E-state index contributed by atoms with van der Waals surface area (Å²) >= 11 is 0. The quantitative estimate of drug-likeness (QED) is 0.690. The predicted octanol–water partition coefficient (Wildman–Crippen LogP) is 1.57. The molecule has 1 aliphatic heterocycles. The largest absolute Gasteiger partial charge is 0.508 e. The molecule has 82 valence electrons. The van der Waals surface area contributed by atoms with Gasteiger partial charge in [-0.15, -0.1) is 0 Å². The van der Waals surface area contributed by atoms with Crippen LogP contribution < -0.4 is 5.32 Å². The zero-order chi connectivity index (χ0) is 10.7. The molecule has 1 aliphatic rings. The van der Waals surface area contributed by atoms with Crippen LogP contribution in [0.2, 0.25) is 0 Å². The van der Waals surface area contributed by atoms with E-state index in [0.717, 1.165) is 24.9 Å². The molecule has 2 atom stereocenters. The maximum Gasteiger partial charge on any atom is 0.115 e. The molecule has 3 nitrogen and oxygen atoms in total. The number of phenols is 1. The second-order valence-electron chi connectivity index (χ2n) is 4.10. The lowest BCUT2D eigenvalue weighted by atomic mass is 9.95. The molecule has 0 saturated carbocycles. The maximum atomic E-state index is 10.1. The standard InChI is InChI=1S/C12H17NO2/c14-10-5-3-4-9(8-10)12(15)11-6-1-2-7-13-11/h3-5,8,11-15H,1-2,6-7H2. The Balaban J connectivity index is 2.08. The summed E-state index contributed by atoms with van der Waals surface area (Å²) < 4.78 is 0. The van der Waals surface area contributed by atoms with E-state index in [1.807, 2.05) is 6.07 Å². The van der Waals surface area contributed by atoms with Crippen molar-refractivity contribution in [3.8, 4) is 5.75 Å². The highest BCUT2D eigenvalue weighted by atomic mass is 16.3. The van der Waals surface area contributed by atoms with Crippen molar-refractivity contribution >= 4 is 0 Å². The molecule has 0 radical (unpaired) electrons. The van der Waals surface area contributed by atoms with Crippen LogP contribution in [0, 0.1) is 0 Å². The van der Waals surface area contributed by atoms with Crippen LogP contribution in [0.4, 0.5) is 0 Å². The summed E-state index contributed by atoms with van der Waals surface area (Å²) in [6.45, 7) is 0.973. The maximum absolute atomic E-state index is 10.1. The minimum atomic E-state index is -0.516. The van der Waals surface area contributed by atoms with Gasteiger partial charge in [0.25, 0.3) is 0 Å². The Morgan fingerprint density at radius 1 is 1.33 bits per heavy atom. The van der Waals surface area contributed by atoms with Crippen LogP contribution in [0.15, 0.2) is 24.3 Å². The Kier molecular flexibility index (Phi) is 3.23. The van der Waals surface area contributed by atoms with Gasteiger partial charge in [0.1, 0.15) is 5.75 Å². The first kappa shape index (κ1) is 10.5. The Bertz CT molecular complexity index is 321. The topological polar surface area (TPSA) is 52.5 Å². The van der Waals surface area contributed by atoms with Gasteiger partial charge in [-0.1, -0.05) is 18.6 Å². The smallest absolute Gasteiger partial charge is 0.115 e. The van der Waals surface area contributed by atoms with Gasteiger partial charge in [0.2, 0.25) is 0 Å². The van der Waals surface area contributed by atoms with E-state index in [2.05, 4.69) is 5.32 Å². The first-order valence-corrected chi connectivity index (χ1v) is 5.48. The molecule has 1 heterocycles. The molecule has 1 saturated heterocycles. The Morgan fingerprint density at radius 3 is 2.87 bits per heavy atom. The van der Waals surface area contributed by atoms with E-state index < -0.39 is 6.10 Å². The van der Waals surface area contributed by atoms with Crippen LogP contribution in [-0.2, 0) is 0 Å². The molecule has 0 aliphatic carbocycles. The average Bonchev–Trinajstić information content (AvgIpc) is 2.29. The summed E-state index contributed by atoms with van der Waals surface area (Å²) in [4.78, 5) is 0. The van der Waals surface area contributed by atoms with Gasteiger partial charge in [-0.05, 0) is 37.1 Å². The Morgan fingerprint density at radius 2 is 2.20 bits per heavy atom. The molecule has 2 unspecified atom stereocenters. The molecule has 0 aromatic heterocycles.